The van der Waals surface area contributed by atoms with Crippen molar-refractivity contribution < 1.29 is 4.74 Å². The highest BCUT2D eigenvalue weighted by molar-refractivity contribution is 8.06. The summed E-state index contributed by atoms with van der Waals surface area (Å²) in [7, 11) is 0. The Bertz CT molecular complexity index is 214. The Morgan fingerprint density at radius 2 is 2.12 bits per heavy atom. The van der Waals surface area contributed by atoms with Gasteiger partial charge in [0, 0.05) is 22.5 Å². The fourth-order valence-corrected chi connectivity index (χ4v) is 5.01. The molecule has 16 heavy (non-hydrogen) atoms. The van der Waals surface area contributed by atoms with Crippen LogP contribution in [0.1, 0.15) is 38.5 Å². The third-order valence-corrected chi connectivity index (χ3v) is 6.08. The number of hydrogen-bond acceptors (Lipinski definition) is 3. The fourth-order valence-electron chi connectivity index (χ4n) is 2.22. The molecule has 0 amide bonds. The number of rotatable bonds is 5. The molecule has 1 aliphatic carbocycles. The zero-order chi connectivity index (χ0) is 11.1. The maximum atomic E-state index is 5.63. The summed E-state index contributed by atoms with van der Waals surface area (Å²) in [5.74, 6) is 4.05. The van der Waals surface area contributed by atoms with E-state index in [2.05, 4.69) is 23.5 Å². The predicted octanol–water partition coefficient (Wildman–Crippen LogP) is 4.09. The number of thioether (sulfide) groups is 2. The smallest absolute Gasteiger partial charge is 0.0873 e. The normalized spacial score (nSPS) is 25.8. The van der Waals surface area contributed by atoms with Crippen LogP contribution in [0.4, 0.5) is 0 Å². The Kier molecular flexibility index (Phi) is 5.98. The van der Waals surface area contributed by atoms with Crippen LogP contribution in [0.3, 0.4) is 0 Å². The van der Waals surface area contributed by atoms with Crippen LogP contribution in [-0.4, -0.2) is 29.1 Å². The molecule has 1 saturated heterocycles. The second-order valence-electron chi connectivity index (χ2n) is 4.56. The van der Waals surface area contributed by atoms with Gasteiger partial charge >= 0.3 is 0 Å². The summed E-state index contributed by atoms with van der Waals surface area (Å²) in [6.45, 7) is 0.922. The third-order valence-electron chi connectivity index (χ3n) is 3.17. The van der Waals surface area contributed by atoms with Gasteiger partial charge in [-0.25, -0.2) is 0 Å². The van der Waals surface area contributed by atoms with Gasteiger partial charge in [-0.1, -0.05) is 0 Å². The van der Waals surface area contributed by atoms with Crippen LogP contribution in [-0.2, 0) is 4.74 Å². The summed E-state index contributed by atoms with van der Waals surface area (Å²) in [6, 6.07) is 0. The van der Waals surface area contributed by atoms with E-state index in [9.17, 15) is 0 Å². The van der Waals surface area contributed by atoms with Crippen molar-refractivity contribution in [2.24, 2.45) is 0 Å². The maximum Gasteiger partial charge on any atom is 0.0873 e. The van der Waals surface area contributed by atoms with Crippen LogP contribution in [0.5, 0.6) is 0 Å². The van der Waals surface area contributed by atoms with Gasteiger partial charge in [0.15, 0.2) is 0 Å². The first-order valence-corrected chi connectivity index (χ1v) is 8.64. The van der Waals surface area contributed by atoms with Gasteiger partial charge in [0.2, 0.25) is 0 Å². The molecule has 2 rings (SSSR count). The molecule has 1 aliphatic heterocycles. The molecule has 1 heterocycles. The second kappa shape index (κ2) is 7.54. The average molecular weight is 258 g/mol. The third kappa shape index (κ3) is 4.62. The van der Waals surface area contributed by atoms with Crippen molar-refractivity contribution in [1.29, 1.82) is 0 Å². The van der Waals surface area contributed by atoms with Gasteiger partial charge in [0.1, 0.15) is 0 Å². The summed E-state index contributed by atoms with van der Waals surface area (Å²) in [5.41, 5.74) is 1.53. The lowest BCUT2D eigenvalue weighted by Gasteiger charge is -2.20. The molecule has 0 spiro atoms. The van der Waals surface area contributed by atoms with Gasteiger partial charge < -0.3 is 4.74 Å². The Morgan fingerprint density at radius 3 is 2.88 bits per heavy atom. The average Bonchev–Trinajstić information content (AvgIpc) is 2.83. The van der Waals surface area contributed by atoms with Crippen molar-refractivity contribution >= 4 is 23.5 Å². The van der Waals surface area contributed by atoms with Crippen molar-refractivity contribution in [3.05, 3.63) is 11.8 Å². The van der Waals surface area contributed by atoms with Crippen LogP contribution >= 0.6 is 23.5 Å². The lowest BCUT2D eigenvalue weighted by molar-refractivity contribution is 0.238. The lowest BCUT2D eigenvalue weighted by atomic mass is 10.2. The van der Waals surface area contributed by atoms with Gasteiger partial charge in [-0.15, -0.1) is 0 Å². The molecule has 2 fully saturated rings. The van der Waals surface area contributed by atoms with Crippen LogP contribution < -0.4 is 0 Å². The molecule has 0 aromatic rings. The maximum absolute atomic E-state index is 5.63. The van der Waals surface area contributed by atoms with E-state index in [-0.39, 0.29) is 0 Å². The first kappa shape index (κ1) is 12.7. The van der Waals surface area contributed by atoms with E-state index in [0.717, 1.165) is 11.9 Å². The standard InChI is InChI=1S/C13H22OS2/c1-2-5-12(4-1)10-14-7-3-6-13-11-15-8-9-16-13/h10,13H,1-9,11H2. The number of allylic oxidation sites excluding steroid dienone is 1. The molecular weight excluding hydrogens is 236 g/mol. The summed E-state index contributed by atoms with van der Waals surface area (Å²) < 4.78 is 5.63. The zero-order valence-electron chi connectivity index (χ0n) is 9.95. The monoisotopic (exact) mass is 258 g/mol. The molecule has 0 bridgehead atoms. The molecule has 2 aliphatic rings. The summed E-state index contributed by atoms with van der Waals surface area (Å²) in [6.07, 6.45) is 9.87. The van der Waals surface area contributed by atoms with Crippen molar-refractivity contribution in [1.82, 2.24) is 0 Å². The van der Waals surface area contributed by atoms with Crippen molar-refractivity contribution in [3.8, 4) is 0 Å². The summed E-state index contributed by atoms with van der Waals surface area (Å²) in [5, 5.41) is 0.890. The van der Waals surface area contributed by atoms with Crippen LogP contribution in [0.15, 0.2) is 11.8 Å². The topological polar surface area (TPSA) is 9.23 Å². The van der Waals surface area contributed by atoms with E-state index < -0.39 is 0 Å². The minimum Gasteiger partial charge on any atom is -0.501 e. The van der Waals surface area contributed by atoms with Gasteiger partial charge in [-0.05, 0) is 44.1 Å². The molecule has 1 unspecified atom stereocenters. The molecule has 1 atom stereocenters. The van der Waals surface area contributed by atoms with E-state index in [1.807, 2.05) is 6.26 Å². The molecule has 0 aromatic carbocycles. The highest BCUT2D eigenvalue weighted by Crippen LogP contribution is 2.27. The zero-order valence-corrected chi connectivity index (χ0v) is 11.6. The highest BCUT2D eigenvalue weighted by Gasteiger charge is 2.13. The SMILES string of the molecule is C(OCCCC1CSCCS1)=C1CCCC1. The molecule has 0 radical (unpaired) electrons. The molecule has 0 N–H and O–H groups in total. The first-order chi connectivity index (χ1) is 7.95. The van der Waals surface area contributed by atoms with E-state index in [1.54, 1.807) is 0 Å². The van der Waals surface area contributed by atoms with Gasteiger partial charge in [0.25, 0.3) is 0 Å². The summed E-state index contributed by atoms with van der Waals surface area (Å²) in [4.78, 5) is 0. The molecule has 92 valence electrons. The molecule has 0 aromatic heterocycles. The minimum atomic E-state index is 0.890. The number of hydrogen-bond donors (Lipinski definition) is 0. The van der Waals surface area contributed by atoms with Gasteiger partial charge in [0.05, 0.1) is 12.9 Å². The predicted molar refractivity (Wildman–Crippen MR) is 75.3 cm³/mol. The van der Waals surface area contributed by atoms with Gasteiger partial charge in [-0.2, -0.15) is 23.5 Å². The van der Waals surface area contributed by atoms with Crippen molar-refractivity contribution in [3.63, 3.8) is 0 Å². The van der Waals surface area contributed by atoms with Crippen LogP contribution in [0, 0.1) is 0 Å². The Morgan fingerprint density at radius 1 is 1.25 bits per heavy atom. The van der Waals surface area contributed by atoms with E-state index in [1.165, 1.54) is 61.4 Å². The van der Waals surface area contributed by atoms with Crippen molar-refractivity contribution in [2.75, 3.05) is 23.9 Å². The first-order valence-electron chi connectivity index (χ1n) is 6.44. The molecule has 1 saturated carbocycles. The van der Waals surface area contributed by atoms with Gasteiger partial charge in [-0.3, -0.25) is 0 Å². The Hall–Kier alpha value is 0.240. The summed E-state index contributed by atoms with van der Waals surface area (Å²) >= 11 is 4.27. The largest absolute Gasteiger partial charge is 0.501 e. The molecular formula is C13H22OS2. The second-order valence-corrected chi connectivity index (χ2v) is 7.12. The van der Waals surface area contributed by atoms with Crippen molar-refractivity contribution in [2.45, 2.75) is 43.8 Å². The minimum absolute atomic E-state index is 0.890. The Balaban J connectivity index is 1.49. The molecule has 1 nitrogen and oxygen atoms in total. The molecule has 3 heteroatoms. The Labute approximate surface area is 108 Å². The number of ether oxygens (including phenoxy) is 1. The van der Waals surface area contributed by atoms with E-state index >= 15 is 0 Å². The van der Waals surface area contributed by atoms with Crippen LogP contribution in [0.2, 0.25) is 0 Å². The highest BCUT2D eigenvalue weighted by atomic mass is 32.2. The fraction of sp³-hybridized carbons (Fsp3) is 0.846. The van der Waals surface area contributed by atoms with E-state index in [4.69, 9.17) is 4.74 Å². The lowest BCUT2D eigenvalue weighted by Crippen LogP contribution is -2.14. The van der Waals surface area contributed by atoms with Crippen LogP contribution in [0.25, 0.3) is 0 Å². The van der Waals surface area contributed by atoms with E-state index in [0.29, 0.717) is 0 Å². The quantitative estimate of drug-likeness (QED) is 0.543.